The molecule has 1 unspecified atom stereocenters. The Labute approximate surface area is 126 Å². The van der Waals surface area contributed by atoms with Gasteiger partial charge in [0.05, 0.1) is 25.1 Å². The molecular formula is C15H14FN3O3. The lowest BCUT2D eigenvalue weighted by Gasteiger charge is -2.19. The molecular weight excluding hydrogens is 289 g/mol. The maximum atomic E-state index is 14.3. The van der Waals surface area contributed by atoms with Gasteiger partial charge in [0.1, 0.15) is 5.82 Å². The smallest absolute Gasteiger partial charge is 0.333 e. The zero-order chi connectivity index (χ0) is 16.1. The number of esters is 1. The number of hydrogen-bond acceptors (Lipinski definition) is 5. The minimum atomic E-state index is -1.07. The van der Waals surface area contributed by atoms with Crippen molar-refractivity contribution in [1.82, 2.24) is 9.55 Å². The first-order chi connectivity index (χ1) is 10.6. The van der Waals surface area contributed by atoms with Crippen molar-refractivity contribution in [2.45, 2.75) is 12.5 Å². The first-order valence-corrected chi connectivity index (χ1v) is 6.51. The number of hydrogen-bond donors (Lipinski definition) is 1. The summed E-state index contributed by atoms with van der Waals surface area (Å²) < 4.78 is 20.5. The van der Waals surface area contributed by atoms with E-state index >= 15 is 0 Å². The molecule has 0 fully saturated rings. The summed E-state index contributed by atoms with van der Waals surface area (Å²) in [6.45, 7) is -0.130. The van der Waals surface area contributed by atoms with Crippen molar-refractivity contribution in [2.75, 3.05) is 13.7 Å². The van der Waals surface area contributed by atoms with Crippen molar-refractivity contribution in [3.63, 3.8) is 0 Å². The zero-order valence-electron chi connectivity index (χ0n) is 11.9. The number of aliphatic hydroxyl groups excluding tert-OH is 1. The summed E-state index contributed by atoms with van der Waals surface area (Å²) in [5.74, 6) is -1.35. The molecule has 0 bridgehead atoms. The Hall–Kier alpha value is -2.72. The largest absolute Gasteiger partial charge is 0.467 e. The quantitative estimate of drug-likeness (QED) is 0.838. The molecule has 0 saturated heterocycles. The first kappa shape index (κ1) is 15.7. The second-order valence-corrected chi connectivity index (χ2v) is 4.54. The van der Waals surface area contributed by atoms with E-state index < -0.39 is 17.8 Å². The fraction of sp³-hybridized carbons (Fsp3) is 0.267. The van der Waals surface area contributed by atoms with Gasteiger partial charge >= 0.3 is 5.97 Å². The highest BCUT2D eigenvalue weighted by Crippen LogP contribution is 2.25. The van der Waals surface area contributed by atoms with Crippen molar-refractivity contribution < 1.29 is 19.0 Å². The van der Waals surface area contributed by atoms with Gasteiger partial charge in [0.2, 0.25) is 0 Å². The Morgan fingerprint density at radius 1 is 1.59 bits per heavy atom. The van der Waals surface area contributed by atoms with Gasteiger partial charge in [0.15, 0.2) is 6.04 Å². The summed E-state index contributed by atoms with van der Waals surface area (Å²) in [6.07, 6.45) is 3.14. The molecule has 0 aliphatic heterocycles. The zero-order valence-corrected chi connectivity index (χ0v) is 11.9. The summed E-state index contributed by atoms with van der Waals surface area (Å²) in [6, 6.07) is 4.63. The number of nitrogens with zero attached hydrogens (tertiary/aromatic N) is 3. The van der Waals surface area contributed by atoms with Gasteiger partial charge in [-0.3, -0.25) is 0 Å². The number of halogens is 1. The normalized spacial score (nSPS) is 11.7. The fourth-order valence-electron chi connectivity index (χ4n) is 2.19. The van der Waals surface area contributed by atoms with Crippen LogP contribution in [0.1, 0.15) is 22.9 Å². The summed E-state index contributed by atoms with van der Waals surface area (Å²) in [5.41, 5.74) is 0.802. The van der Waals surface area contributed by atoms with E-state index in [0.717, 1.165) is 6.07 Å². The molecule has 1 N–H and O–H groups in total. The lowest BCUT2D eigenvalue weighted by molar-refractivity contribution is -0.143. The highest BCUT2D eigenvalue weighted by Gasteiger charge is 2.28. The molecule has 1 atom stereocenters. The van der Waals surface area contributed by atoms with Gasteiger partial charge in [-0.1, -0.05) is 6.07 Å². The van der Waals surface area contributed by atoms with Crippen LogP contribution in [0.25, 0.3) is 0 Å². The minimum absolute atomic E-state index is 0.0723. The van der Waals surface area contributed by atoms with Gasteiger partial charge < -0.3 is 14.4 Å². The lowest BCUT2D eigenvalue weighted by Crippen LogP contribution is -2.24. The molecule has 0 spiro atoms. The molecule has 1 heterocycles. The van der Waals surface area contributed by atoms with Crippen molar-refractivity contribution in [1.29, 1.82) is 5.26 Å². The number of aliphatic hydroxyl groups is 1. The highest BCUT2D eigenvalue weighted by atomic mass is 19.1. The summed E-state index contributed by atoms with van der Waals surface area (Å²) in [7, 11) is 1.21. The van der Waals surface area contributed by atoms with Crippen LogP contribution in [0.3, 0.4) is 0 Å². The molecule has 114 valence electrons. The van der Waals surface area contributed by atoms with E-state index in [0.29, 0.717) is 5.69 Å². The Morgan fingerprint density at radius 2 is 2.36 bits per heavy atom. The molecule has 0 aliphatic rings. The molecule has 6 nitrogen and oxygen atoms in total. The minimum Gasteiger partial charge on any atom is -0.467 e. The van der Waals surface area contributed by atoms with Gasteiger partial charge in [0.25, 0.3) is 0 Å². The standard InChI is InChI=1S/C15H14FN3O3/c1-22-15(21)14(19-9-18-8-11(19)4-5-20)12-3-2-10(7-17)6-13(12)16/h2-3,6,8-9,14,20H,4-5H2,1H3. The Bertz CT molecular complexity index is 721. The van der Waals surface area contributed by atoms with Crippen LogP contribution in [-0.4, -0.2) is 34.3 Å². The van der Waals surface area contributed by atoms with Gasteiger partial charge in [-0.05, 0) is 12.1 Å². The lowest BCUT2D eigenvalue weighted by atomic mass is 10.0. The van der Waals surface area contributed by atoms with Crippen LogP contribution in [-0.2, 0) is 16.0 Å². The molecule has 2 rings (SSSR count). The average Bonchev–Trinajstić information content (AvgIpc) is 2.97. The van der Waals surface area contributed by atoms with Crippen LogP contribution >= 0.6 is 0 Å². The van der Waals surface area contributed by atoms with Crippen molar-refractivity contribution in [3.05, 3.63) is 53.4 Å². The monoisotopic (exact) mass is 303 g/mol. The van der Waals surface area contributed by atoms with E-state index in [-0.39, 0.29) is 24.2 Å². The fourth-order valence-corrected chi connectivity index (χ4v) is 2.19. The second kappa shape index (κ2) is 6.83. The second-order valence-electron chi connectivity index (χ2n) is 4.54. The van der Waals surface area contributed by atoms with Gasteiger partial charge in [0, 0.05) is 30.5 Å². The summed E-state index contributed by atoms with van der Waals surface area (Å²) in [5, 5.41) is 17.9. The van der Waals surface area contributed by atoms with Crippen LogP contribution in [0, 0.1) is 17.1 Å². The highest BCUT2D eigenvalue weighted by molar-refractivity contribution is 5.78. The maximum Gasteiger partial charge on any atom is 0.333 e. The molecule has 0 aliphatic carbocycles. The van der Waals surface area contributed by atoms with Crippen molar-refractivity contribution in [2.24, 2.45) is 0 Å². The van der Waals surface area contributed by atoms with E-state index in [2.05, 4.69) is 4.98 Å². The molecule has 1 aromatic heterocycles. The van der Waals surface area contributed by atoms with E-state index in [1.165, 1.54) is 36.3 Å². The number of ether oxygens (including phenoxy) is 1. The molecule has 0 radical (unpaired) electrons. The van der Waals surface area contributed by atoms with E-state index in [1.54, 1.807) is 0 Å². The molecule has 1 aromatic carbocycles. The average molecular weight is 303 g/mol. The van der Waals surface area contributed by atoms with Gasteiger partial charge in [-0.2, -0.15) is 5.26 Å². The maximum absolute atomic E-state index is 14.3. The van der Waals surface area contributed by atoms with Crippen molar-refractivity contribution in [3.8, 4) is 6.07 Å². The summed E-state index contributed by atoms with van der Waals surface area (Å²) >= 11 is 0. The number of carbonyl (C=O) groups is 1. The molecule has 0 saturated carbocycles. The van der Waals surface area contributed by atoms with E-state index in [4.69, 9.17) is 15.1 Å². The number of carbonyl (C=O) groups excluding carboxylic acids is 1. The third-order valence-corrected chi connectivity index (χ3v) is 3.24. The topological polar surface area (TPSA) is 88.1 Å². The first-order valence-electron chi connectivity index (χ1n) is 6.51. The predicted molar refractivity (Wildman–Crippen MR) is 74.3 cm³/mol. The Kier molecular flexibility index (Phi) is 4.86. The van der Waals surface area contributed by atoms with Gasteiger partial charge in [-0.25, -0.2) is 14.2 Å². The SMILES string of the molecule is COC(=O)C(c1ccc(C#N)cc1F)n1cncc1CCO. The van der Waals surface area contributed by atoms with Crippen molar-refractivity contribution >= 4 is 5.97 Å². The number of nitriles is 1. The molecule has 22 heavy (non-hydrogen) atoms. The molecule has 7 heteroatoms. The van der Waals surface area contributed by atoms with E-state index in [9.17, 15) is 9.18 Å². The third-order valence-electron chi connectivity index (χ3n) is 3.24. The van der Waals surface area contributed by atoms with Gasteiger partial charge in [-0.15, -0.1) is 0 Å². The molecule has 2 aromatic rings. The summed E-state index contributed by atoms with van der Waals surface area (Å²) in [4.78, 5) is 16.0. The van der Waals surface area contributed by atoms with Crippen LogP contribution < -0.4 is 0 Å². The predicted octanol–water partition coefficient (Wildman–Crippen LogP) is 1.19. The van der Waals surface area contributed by atoms with Crippen LogP contribution in [0.5, 0.6) is 0 Å². The molecule has 0 amide bonds. The van der Waals surface area contributed by atoms with Crippen LogP contribution in [0.4, 0.5) is 4.39 Å². The number of imidazole rings is 1. The number of rotatable bonds is 5. The number of aromatic nitrogens is 2. The van der Waals surface area contributed by atoms with E-state index in [1.807, 2.05) is 6.07 Å². The van der Waals surface area contributed by atoms with Crippen LogP contribution in [0.2, 0.25) is 0 Å². The van der Waals surface area contributed by atoms with Crippen LogP contribution in [0.15, 0.2) is 30.7 Å². The number of methoxy groups -OCH3 is 1. The number of benzene rings is 1. The Morgan fingerprint density at radius 3 is 2.95 bits per heavy atom. The Balaban J connectivity index is 2.54. The third kappa shape index (κ3) is 2.97.